The summed E-state index contributed by atoms with van der Waals surface area (Å²) in [5, 5.41) is -0.315. The third-order valence-electron chi connectivity index (χ3n) is 6.39. The van der Waals surface area contributed by atoms with Crippen molar-refractivity contribution in [3.63, 3.8) is 0 Å². The zero-order valence-corrected chi connectivity index (χ0v) is 21.9. The molecule has 0 amide bonds. The third kappa shape index (κ3) is 6.56. The van der Waals surface area contributed by atoms with Gasteiger partial charge in [0.25, 0.3) is 10.0 Å². The summed E-state index contributed by atoms with van der Waals surface area (Å²) in [7, 11) is -2.97. The highest BCUT2D eigenvalue weighted by atomic mass is 32.2. The number of carbonyl (C=O) groups is 1. The monoisotopic (exact) mass is 560 g/mol. The topological polar surface area (TPSA) is 101 Å². The van der Waals surface area contributed by atoms with Crippen LogP contribution in [0.15, 0.2) is 66.2 Å². The number of benzene rings is 1. The van der Waals surface area contributed by atoms with E-state index in [9.17, 15) is 26.4 Å². The van der Waals surface area contributed by atoms with Gasteiger partial charge in [0.2, 0.25) is 0 Å². The van der Waals surface area contributed by atoms with Gasteiger partial charge in [0.05, 0.1) is 18.4 Å². The Balaban J connectivity index is 1.63. The molecule has 1 atom stereocenters. The summed E-state index contributed by atoms with van der Waals surface area (Å²) in [6, 6.07) is 12.5. The Bertz CT molecular complexity index is 1480. The van der Waals surface area contributed by atoms with Crippen LogP contribution in [0.25, 0.3) is 17.3 Å². The number of hydrogen-bond acceptors (Lipinski definition) is 7. The molecule has 0 aliphatic carbocycles. The van der Waals surface area contributed by atoms with Crippen LogP contribution in [-0.2, 0) is 25.7 Å². The summed E-state index contributed by atoms with van der Waals surface area (Å²) in [6.07, 6.45) is -1.43. The highest BCUT2D eigenvalue weighted by Gasteiger charge is 2.35. The smallest absolute Gasteiger partial charge is 0.418 e. The maximum atomic E-state index is 13.8. The number of ether oxygens (including phenoxy) is 1. The number of alkyl halides is 3. The fourth-order valence-corrected chi connectivity index (χ4v) is 5.48. The van der Waals surface area contributed by atoms with Crippen LogP contribution in [-0.4, -0.2) is 44.6 Å². The number of nitrogens with one attached hydrogen (secondary N) is 1. The number of nitrogens with zero attached hydrogens (tertiary/aromatic N) is 3. The van der Waals surface area contributed by atoms with Crippen LogP contribution >= 0.6 is 0 Å². The van der Waals surface area contributed by atoms with E-state index in [1.165, 1.54) is 31.4 Å². The van der Waals surface area contributed by atoms with E-state index in [0.29, 0.717) is 24.5 Å². The lowest BCUT2D eigenvalue weighted by Crippen LogP contribution is -2.37. The Kier molecular flexibility index (Phi) is 8.24. The first-order chi connectivity index (χ1) is 18.5. The number of sulfonamides is 1. The molecule has 2 aromatic heterocycles. The molecule has 1 aromatic carbocycles. The standard InChI is InChI=1S/C27H27F3N4O4S/c1-3-19-9-4-5-10-20(19)26-21(27(28,29)30)13-14-22(31-26)33-39(36,37)24-12-6-11-23(32-24)34-15-7-8-18(17-34)16-25(35)38-2/h3-6,9-14,18H,1,7-8,15-17H2,2H3,(H,31,33)/t18-/m0/s1. The van der Waals surface area contributed by atoms with E-state index in [-0.39, 0.29) is 34.7 Å². The van der Waals surface area contributed by atoms with Gasteiger partial charge in [-0.05, 0) is 48.6 Å². The molecule has 8 nitrogen and oxygen atoms in total. The highest BCUT2D eigenvalue weighted by molar-refractivity contribution is 7.92. The summed E-state index contributed by atoms with van der Waals surface area (Å²) >= 11 is 0. The molecule has 206 valence electrons. The van der Waals surface area contributed by atoms with Gasteiger partial charge in [-0.1, -0.05) is 43.0 Å². The van der Waals surface area contributed by atoms with E-state index in [1.807, 2.05) is 4.90 Å². The molecule has 0 radical (unpaired) electrons. The minimum Gasteiger partial charge on any atom is -0.469 e. The first kappa shape index (κ1) is 28.1. The van der Waals surface area contributed by atoms with Crippen molar-refractivity contribution in [1.29, 1.82) is 0 Å². The van der Waals surface area contributed by atoms with Gasteiger partial charge in [0.1, 0.15) is 11.6 Å². The van der Waals surface area contributed by atoms with E-state index in [4.69, 9.17) is 4.74 Å². The summed E-state index contributed by atoms with van der Waals surface area (Å²) in [5.74, 6) is -0.150. The largest absolute Gasteiger partial charge is 0.469 e. The molecule has 1 fully saturated rings. The third-order valence-corrected chi connectivity index (χ3v) is 7.64. The quantitative estimate of drug-likeness (QED) is 0.369. The van der Waals surface area contributed by atoms with E-state index in [0.717, 1.165) is 25.0 Å². The van der Waals surface area contributed by atoms with Crippen LogP contribution in [0, 0.1) is 5.92 Å². The molecule has 1 saturated heterocycles. The first-order valence-corrected chi connectivity index (χ1v) is 13.6. The maximum absolute atomic E-state index is 13.8. The lowest BCUT2D eigenvalue weighted by Gasteiger charge is -2.33. The second-order valence-electron chi connectivity index (χ2n) is 9.06. The van der Waals surface area contributed by atoms with Gasteiger partial charge < -0.3 is 9.64 Å². The number of carbonyl (C=O) groups excluding carboxylic acids is 1. The Morgan fingerprint density at radius 2 is 1.92 bits per heavy atom. The van der Waals surface area contributed by atoms with E-state index in [1.54, 1.807) is 24.3 Å². The molecule has 0 saturated carbocycles. The Morgan fingerprint density at radius 1 is 1.15 bits per heavy atom. The molecule has 1 N–H and O–H groups in total. The van der Waals surface area contributed by atoms with Crippen molar-refractivity contribution in [2.75, 3.05) is 29.8 Å². The number of anilines is 2. The molecule has 3 aromatic rings. The summed E-state index contributed by atoms with van der Waals surface area (Å²) in [5.41, 5.74) is -0.860. The van der Waals surface area contributed by atoms with Gasteiger partial charge in [0, 0.05) is 25.1 Å². The average molecular weight is 561 g/mol. The second-order valence-corrected chi connectivity index (χ2v) is 10.7. The van der Waals surface area contributed by atoms with Crippen LogP contribution in [0.3, 0.4) is 0 Å². The Labute approximate surface area is 224 Å². The van der Waals surface area contributed by atoms with Gasteiger partial charge in [0.15, 0.2) is 5.03 Å². The fourth-order valence-electron chi connectivity index (χ4n) is 4.52. The molecule has 1 aliphatic rings. The molecule has 4 rings (SSSR count). The Morgan fingerprint density at radius 3 is 2.64 bits per heavy atom. The fraction of sp³-hybridized carbons (Fsp3) is 0.296. The van der Waals surface area contributed by atoms with Crippen molar-refractivity contribution < 1.29 is 31.1 Å². The minimum absolute atomic E-state index is 0.0413. The number of pyridine rings is 2. The number of piperidine rings is 1. The lowest BCUT2D eigenvalue weighted by molar-refractivity contribution is -0.141. The first-order valence-electron chi connectivity index (χ1n) is 12.1. The molecule has 12 heteroatoms. The molecular weight excluding hydrogens is 533 g/mol. The maximum Gasteiger partial charge on any atom is 0.418 e. The molecule has 3 heterocycles. The number of halogens is 3. The number of hydrogen-bond donors (Lipinski definition) is 1. The van der Waals surface area contributed by atoms with Crippen LogP contribution in [0.1, 0.15) is 30.4 Å². The number of methoxy groups -OCH3 is 1. The number of esters is 1. The normalized spacial score (nSPS) is 16.0. The van der Waals surface area contributed by atoms with E-state index < -0.39 is 27.5 Å². The van der Waals surface area contributed by atoms with Crippen molar-refractivity contribution in [2.24, 2.45) is 5.92 Å². The highest BCUT2D eigenvalue weighted by Crippen LogP contribution is 2.38. The second kappa shape index (κ2) is 11.4. The predicted octanol–water partition coefficient (Wildman–Crippen LogP) is 5.39. The van der Waals surface area contributed by atoms with Gasteiger partial charge in [-0.3, -0.25) is 9.52 Å². The van der Waals surface area contributed by atoms with Gasteiger partial charge >= 0.3 is 12.1 Å². The Hall–Kier alpha value is -3.93. The summed E-state index contributed by atoms with van der Waals surface area (Å²) < 4.78 is 74.8. The van der Waals surface area contributed by atoms with Crippen molar-refractivity contribution in [2.45, 2.75) is 30.5 Å². The minimum atomic E-state index is -4.72. The zero-order valence-electron chi connectivity index (χ0n) is 21.1. The van der Waals surface area contributed by atoms with Gasteiger partial charge in [-0.25, -0.2) is 9.97 Å². The van der Waals surface area contributed by atoms with Crippen molar-refractivity contribution in [3.05, 3.63) is 72.3 Å². The van der Waals surface area contributed by atoms with Crippen LogP contribution in [0.4, 0.5) is 24.8 Å². The van der Waals surface area contributed by atoms with E-state index >= 15 is 0 Å². The predicted molar refractivity (Wildman–Crippen MR) is 141 cm³/mol. The molecule has 0 bridgehead atoms. The summed E-state index contributed by atoms with van der Waals surface area (Å²) in [4.78, 5) is 21.9. The van der Waals surface area contributed by atoms with Gasteiger partial charge in [-0.15, -0.1) is 0 Å². The average Bonchev–Trinajstić information content (AvgIpc) is 2.92. The SMILES string of the molecule is C=Cc1ccccc1-c1nc(NS(=O)(=O)c2cccc(N3CCC[C@@H](CC(=O)OC)C3)n2)ccc1C(F)(F)F. The van der Waals surface area contributed by atoms with Crippen molar-refractivity contribution >= 4 is 33.7 Å². The van der Waals surface area contributed by atoms with E-state index in [2.05, 4.69) is 21.3 Å². The number of aromatic nitrogens is 2. The molecular formula is C27H27F3N4O4S. The van der Waals surface area contributed by atoms with Crippen molar-refractivity contribution in [3.8, 4) is 11.3 Å². The van der Waals surface area contributed by atoms with Crippen LogP contribution < -0.4 is 9.62 Å². The molecule has 39 heavy (non-hydrogen) atoms. The van der Waals surface area contributed by atoms with Crippen molar-refractivity contribution in [1.82, 2.24) is 9.97 Å². The summed E-state index contributed by atoms with van der Waals surface area (Å²) in [6.45, 7) is 4.78. The molecule has 0 unspecified atom stereocenters. The molecule has 1 aliphatic heterocycles. The van der Waals surface area contributed by atoms with Crippen LogP contribution in [0.5, 0.6) is 0 Å². The van der Waals surface area contributed by atoms with Gasteiger partial charge in [-0.2, -0.15) is 21.6 Å². The lowest BCUT2D eigenvalue weighted by atomic mass is 9.95. The zero-order chi connectivity index (χ0) is 28.2. The number of rotatable bonds is 8. The molecule has 0 spiro atoms. The van der Waals surface area contributed by atoms with Crippen LogP contribution in [0.2, 0.25) is 0 Å².